The summed E-state index contributed by atoms with van der Waals surface area (Å²) in [4.78, 5) is 2.58. The van der Waals surface area contributed by atoms with E-state index in [0.717, 1.165) is 44.1 Å². The molecule has 1 saturated heterocycles. The fourth-order valence-corrected chi connectivity index (χ4v) is 10.8. The third kappa shape index (κ3) is 9.48. The van der Waals surface area contributed by atoms with Gasteiger partial charge in [-0.15, -0.1) is 0 Å². The molecule has 70 heavy (non-hydrogen) atoms. The maximum Gasteiger partial charge on any atom is 0.527 e. The van der Waals surface area contributed by atoms with Gasteiger partial charge in [0.15, 0.2) is 24.8 Å². The van der Waals surface area contributed by atoms with Crippen LogP contribution in [0, 0.1) is 0 Å². The molecule has 10 aromatic rings. The molecule has 3 aliphatic rings. The quantitative estimate of drug-likeness (QED) is 0.0510. The average Bonchev–Trinajstić information content (AvgIpc) is 4.05. The van der Waals surface area contributed by atoms with Gasteiger partial charge in [-0.1, -0.05) is 115 Å². The molecule has 352 valence electrons. The number of fused-ring (bicyclic) bond motifs is 12. The Kier molecular flexibility index (Phi) is 16.5. The van der Waals surface area contributed by atoms with Crippen LogP contribution >= 0.6 is 82.1 Å². The van der Waals surface area contributed by atoms with Gasteiger partial charge in [0.05, 0.1) is 23.2 Å². The molecular formula is C56H50Cl4I2N8+4. The summed E-state index contributed by atoms with van der Waals surface area (Å²) in [5, 5.41) is 17.8. The van der Waals surface area contributed by atoms with Crippen LogP contribution in [0.5, 0.6) is 0 Å². The number of nitrogens with two attached hydrogens (primary N) is 1. The van der Waals surface area contributed by atoms with E-state index in [1.807, 2.05) is 57.9 Å². The molecule has 13 rings (SSSR count). The predicted molar refractivity (Wildman–Crippen MR) is 305 cm³/mol. The highest BCUT2D eigenvalue weighted by Gasteiger charge is 2.66. The summed E-state index contributed by atoms with van der Waals surface area (Å²) in [5.74, 6) is -0.439. The van der Waals surface area contributed by atoms with Gasteiger partial charge in [-0.25, -0.2) is 0 Å². The van der Waals surface area contributed by atoms with Gasteiger partial charge >= 0.3 is 10.5 Å². The van der Waals surface area contributed by atoms with Gasteiger partial charge in [0.1, 0.15) is 0 Å². The third-order valence-corrected chi connectivity index (χ3v) is 13.9. The number of nitrogens with one attached hydrogen (secondary N) is 2. The number of aromatic nitrogens is 4. The molecule has 0 radical (unpaired) electrons. The predicted octanol–water partition coefficient (Wildman–Crippen LogP) is 11.8. The molecule has 14 heteroatoms. The van der Waals surface area contributed by atoms with Crippen molar-refractivity contribution in [1.29, 1.82) is 0 Å². The average molecular weight is 1230 g/mol. The Balaban J connectivity index is 0.000000137. The molecule has 0 aliphatic carbocycles. The zero-order chi connectivity index (χ0) is 48.7. The molecule has 3 aliphatic heterocycles. The minimum Gasteiger partial charge on any atom is -0.329 e. The van der Waals surface area contributed by atoms with Crippen molar-refractivity contribution in [2.45, 2.75) is 23.6 Å². The summed E-state index contributed by atoms with van der Waals surface area (Å²) in [6.07, 6.45) is 8.16. The van der Waals surface area contributed by atoms with Crippen LogP contribution < -0.4 is 34.6 Å². The molecule has 8 nitrogen and oxygen atoms in total. The van der Waals surface area contributed by atoms with E-state index >= 15 is 0 Å². The Morgan fingerprint density at radius 2 is 0.871 bits per heavy atom. The van der Waals surface area contributed by atoms with E-state index in [4.69, 9.17) is 28.9 Å². The number of alkyl halides is 2. The smallest absolute Gasteiger partial charge is 0.329 e. The maximum absolute atomic E-state index is 6.32. The first-order valence-corrected chi connectivity index (χ1v) is 31.1. The number of nitrogens with zero attached hydrogens (tertiary/aromatic N) is 5. The van der Waals surface area contributed by atoms with Gasteiger partial charge in [-0.3, -0.25) is 0 Å². The van der Waals surface area contributed by atoms with Crippen LogP contribution in [0.4, 0.5) is 0 Å². The highest BCUT2D eigenvalue weighted by atomic mass is 128. The Labute approximate surface area is 451 Å². The lowest BCUT2D eigenvalue weighted by Crippen LogP contribution is -2.80. The topological polar surface area (TPSA) is 68.8 Å². The number of benzene rings is 6. The summed E-state index contributed by atoms with van der Waals surface area (Å²) in [6.45, 7) is 5.14. The lowest BCUT2D eigenvalue weighted by molar-refractivity contribution is -0.990. The molecule has 0 bridgehead atoms. The van der Waals surface area contributed by atoms with Crippen molar-refractivity contribution < 1.29 is 18.3 Å². The summed E-state index contributed by atoms with van der Waals surface area (Å²) < 4.78 is 7.40. The fraction of sp³-hybridized carbons (Fsp3) is 0.143. The first-order chi connectivity index (χ1) is 34.5. The van der Waals surface area contributed by atoms with Gasteiger partial charge in [0.2, 0.25) is 0 Å². The Bertz CT molecular complexity index is 3250. The summed E-state index contributed by atoms with van der Waals surface area (Å²) in [7, 11) is 8.22. The summed E-state index contributed by atoms with van der Waals surface area (Å²) in [6, 6.07) is 64.0. The highest BCUT2D eigenvalue weighted by Crippen LogP contribution is 2.34. The second kappa shape index (κ2) is 22.9. The van der Waals surface area contributed by atoms with Gasteiger partial charge < -0.3 is 11.1 Å². The van der Waals surface area contributed by atoms with Crippen LogP contribution in [0.3, 0.4) is 0 Å². The van der Waals surface area contributed by atoms with Crippen LogP contribution in [-0.4, -0.2) is 31.1 Å². The number of rotatable bonds is 6. The van der Waals surface area contributed by atoms with Crippen molar-refractivity contribution in [1.82, 2.24) is 15.5 Å². The molecule has 4 aromatic heterocycles. The largest absolute Gasteiger partial charge is 0.527 e. The molecule has 4 N–H and O–H groups in total. The molecule has 0 amide bonds. The fourth-order valence-electron chi connectivity index (χ4n) is 10.2. The van der Waals surface area contributed by atoms with Crippen molar-refractivity contribution in [3.8, 4) is 22.8 Å². The SMILES string of the molecule is ClC1(Cl)[n+]2ccccc2-c2cccc[n+]21.ClCl.II.NCCNCc1c2ccccc2cc2ccccc12.c1cc[n+]2c(c1)-c1cccc[n+]1C21NCCN1Cc1c2ccccc2cc2ccccc12. The summed E-state index contributed by atoms with van der Waals surface area (Å²) in [5.41, 5.74) is 12.8. The van der Waals surface area contributed by atoms with Crippen molar-refractivity contribution in [3.05, 3.63) is 218 Å². The van der Waals surface area contributed by atoms with Crippen molar-refractivity contribution in [2.24, 2.45) is 5.73 Å². The van der Waals surface area contributed by atoms with E-state index < -0.39 is 10.5 Å². The Morgan fingerprint density at radius 3 is 1.29 bits per heavy atom. The second-order valence-electron chi connectivity index (χ2n) is 16.9. The number of hydrogen-bond acceptors (Lipinski definition) is 4. The highest BCUT2D eigenvalue weighted by molar-refractivity contribution is 15.0. The van der Waals surface area contributed by atoms with Gasteiger partial charge in [-0.05, 0) is 90.6 Å². The Hall–Kier alpha value is -4.58. The normalized spacial score (nSPS) is 14.2. The lowest BCUT2D eigenvalue weighted by atomic mass is 9.96. The minimum atomic E-state index is -1.06. The zero-order valence-corrected chi connectivity index (χ0v) is 45.3. The molecule has 7 heterocycles. The van der Waals surface area contributed by atoms with E-state index in [-0.39, 0.29) is 0 Å². The van der Waals surface area contributed by atoms with E-state index in [1.54, 1.807) is 0 Å². The molecule has 6 aromatic carbocycles. The van der Waals surface area contributed by atoms with Crippen LogP contribution in [0.15, 0.2) is 207 Å². The molecule has 0 unspecified atom stereocenters. The lowest BCUT2D eigenvalue weighted by Gasteiger charge is -2.25. The molecule has 1 spiro atoms. The zero-order valence-electron chi connectivity index (χ0n) is 38.0. The monoisotopic (exact) mass is 1230 g/mol. The van der Waals surface area contributed by atoms with Crippen LogP contribution in [-0.2, 0) is 23.6 Å². The van der Waals surface area contributed by atoms with Gasteiger partial charge in [0.25, 0.3) is 22.8 Å². The third-order valence-electron chi connectivity index (χ3n) is 13.1. The standard InChI is InChI=1S/C28H24N4.C17H18N2.C11H8Cl2N2.Cl2.I2/c1-3-11-23-21(9-1)19-22-10-2-4-12-24(22)25(23)20-30-18-15-29-28(30)31-16-7-5-13-26(31)27-14-6-8-17-32(27)28;18-9-10-19-12-17-15-7-3-1-5-13(15)11-14-6-2-4-8-16(14)17;12-11(13)14-7-3-1-5-9(14)10-6-2-4-8-15(10)11;2*1-2/h1-14,16-17,19,29H,15,18,20H2;1-8,11,19H,9-10,12,18H2;1-8H;;/q+2;;+2;;. The number of halogens is 6. The Morgan fingerprint density at radius 1 is 0.514 bits per heavy atom. The van der Waals surface area contributed by atoms with Crippen LogP contribution in [0.25, 0.3) is 65.9 Å². The second-order valence-corrected chi connectivity index (χ2v) is 18.1. The van der Waals surface area contributed by atoms with E-state index in [0.29, 0.717) is 6.54 Å². The van der Waals surface area contributed by atoms with Gasteiger partial charge in [-0.2, -0.15) is 10.2 Å². The maximum atomic E-state index is 6.32. The first kappa shape index (κ1) is 50.4. The molecular weight excluding hydrogens is 1180 g/mol. The molecule has 0 atom stereocenters. The molecule has 1 fully saturated rings. The number of hydrogen-bond donors (Lipinski definition) is 3. The van der Waals surface area contributed by atoms with E-state index in [9.17, 15) is 0 Å². The number of pyridine rings is 4. The van der Waals surface area contributed by atoms with Crippen molar-refractivity contribution >= 4 is 125 Å². The van der Waals surface area contributed by atoms with Crippen LogP contribution in [0.1, 0.15) is 11.1 Å². The summed E-state index contributed by atoms with van der Waals surface area (Å²) >= 11 is 16.9. The van der Waals surface area contributed by atoms with E-state index in [1.165, 1.54) is 65.6 Å². The van der Waals surface area contributed by atoms with Crippen molar-refractivity contribution in [3.63, 3.8) is 0 Å². The van der Waals surface area contributed by atoms with Crippen molar-refractivity contribution in [2.75, 3.05) is 26.2 Å². The first-order valence-electron chi connectivity index (χ1n) is 22.9. The molecule has 0 saturated carbocycles. The van der Waals surface area contributed by atoms with Gasteiger partial charge in [0, 0.05) is 147 Å². The minimum absolute atomic E-state index is 0.439. The van der Waals surface area contributed by atoms with E-state index in [2.05, 4.69) is 242 Å². The van der Waals surface area contributed by atoms with Crippen LogP contribution in [0.2, 0.25) is 0 Å².